The molecule has 1 saturated heterocycles. The number of thioether (sulfide) groups is 1. The van der Waals surface area contributed by atoms with Gasteiger partial charge in [-0.15, -0.1) is 11.3 Å². The summed E-state index contributed by atoms with van der Waals surface area (Å²) in [6.07, 6.45) is 4.62. The highest BCUT2D eigenvalue weighted by molar-refractivity contribution is 9.10. The molecule has 2 aromatic rings. The molecule has 1 aromatic heterocycles. The Labute approximate surface area is 191 Å². The second kappa shape index (κ2) is 9.20. The fourth-order valence-corrected chi connectivity index (χ4v) is 5.84. The van der Waals surface area contributed by atoms with Gasteiger partial charge in [0.05, 0.1) is 12.2 Å². The average Bonchev–Trinajstić information content (AvgIpc) is 3.37. The number of aliphatic imine (C=N–C) groups is 1. The first-order valence-corrected chi connectivity index (χ1v) is 12.7. The summed E-state index contributed by atoms with van der Waals surface area (Å²) < 4.78 is 19.8. The molecule has 30 heavy (non-hydrogen) atoms. The molecule has 2 aliphatic heterocycles. The Balaban J connectivity index is 1.89. The number of fused-ring (bicyclic) bond motifs is 1. The third-order valence-corrected chi connectivity index (χ3v) is 7.38. The zero-order chi connectivity index (χ0) is 21.3. The van der Waals surface area contributed by atoms with Crippen LogP contribution in [0.4, 0.5) is 4.39 Å². The molecule has 1 unspecified atom stereocenters. The zero-order valence-corrected chi connectivity index (χ0v) is 19.8. The molecule has 5 nitrogen and oxygen atoms in total. The third-order valence-electron chi connectivity index (χ3n) is 5.12. The van der Waals surface area contributed by atoms with Gasteiger partial charge < -0.3 is 9.64 Å². The molecule has 1 fully saturated rings. The number of allylic oxidation sites excluding steroid dienone is 1. The summed E-state index contributed by atoms with van der Waals surface area (Å²) in [5.41, 5.74) is 2.20. The second-order valence-electron chi connectivity index (χ2n) is 7.08. The molecule has 4 rings (SSSR count). The van der Waals surface area contributed by atoms with Gasteiger partial charge in [0.2, 0.25) is 0 Å². The lowest BCUT2D eigenvalue weighted by atomic mass is 9.94. The molecule has 0 radical (unpaired) electrons. The Morgan fingerprint density at radius 1 is 1.47 bits per heavy atom. The first-order valence-electron chi connectivity index (χ1n) is 9.62. The van der Waals surface area contributed by atoms with E-state index >= 15 is 0 Å². The van der Waals surface area contributed by atoms with E-state index in [0.29, 0.717) is 16.0 Å². The Morgan fingerprint density at radius 3 is 2.97 bits per heavy atom. The Bertz CT molecular complexity index is 1010. The Morgan fingerprint density at radius 2 is 2.30 bits per heavy atom. The van der Waals surface area contributed by atoms with Crippen molar-refractivity contribution in [3.8, 4) is 0 Å². The molecule has 9 heteroatoms. The van der Waals surface area contributed by atoms with Gasteiger partial charge in [0, 0.05) is 28.3 Å². The summed E-state index contributed by atoms with van der Waals surface area (Å²) in [5, 5.41) is 2.73. The quantitative estimate of drug-likeness (QED) is 0.510. The Kier molecular flexibility index (Phi) is 6.60. The molecule has 3 heterocycles. The maximum atomic E-state index is 13.8. The SMILES string of the molecule is CCOC(=O)C1=C2CC(CSC)CN2C(c2nccs2)=N[C@H]1c1ccc(F)cc1Br. The first-order chi connectivity index (χ1) is 14.5. The van der Waals surface area contributed by atoms with Crippen molar-refractivity contribution in [3.05, 3.63) is 61.9 Å². The van der Waals surface area contributed by atoms with E-state index in [1.54, 1.807) is 30.9 Å². The molecule has 0 spiro atoms. The summed E-state index contributed by atoms with van der Waals surface area (Å²) in [5.74, 6) is 1.44. The molecule has 0 aliphatic carbocycles. The molecular weight excluding hydrogens is 489 g/mol. The van der Waals surface area contributed by atoms with Crippen LogP contribution < -0.4 is 0 Å². The van der Waals surface area contributed by atoms with Crippen LogP contribution in [0.3, 0.4) is 0 Å². The van der Waals surface area contributed by atoms with Crippen LogP contribution in [0.1, 0.15) is 30.0 Å². The van der Waals surface area contributed by atoms with Gasteiger partial charge in [-0.1, -0.05) is 22.0 Å². The minimum absolute atomic E-state index is 0.282. The maximum absolute atomic E-state index is 13.8. The number of rotatable bonds is 6. The summed E-state index contributed by atoms with van der Waals surface area (Å²) in [7, 11) is 0. The van der Waals surface area contributed by atoms with Crippen molar-refractivity contribution in [2.75, 3.05) is 25.2 Å². The number of halogens is 2. The molecule has 0 bridgehead atoms. The van der Waals surface area contributed by atoms with Gasteiger partial charge in [0.25, 0.3) is 0 Å². The molecule has 2 aliphatic rings. The molecule has 0 saturated carbocycles. The molecular formula is C21H21BrFN3O2S2. The largest absolute Gasteiger partial charge is 0.463 e. The summed E-state index contributed by atoms with van der Waals surface area (Å²) in [6, 6.07) is 3.89. The maximum Gasteiger partial charge on any atom is 0.338 e. The van der Waals surface area contributed by atoms with Crippen LogP contribution in [0.2, 0.25) is 0 Å². The molecule has 2 atom stereocenters. The first kappa shape index (κ1) is 21.5. The van der Waals surface area contributed by atoms with Crippen LogP contribution in [-0.2, 0) is 9.53 Å². The molecule has 1 aromatic carbocycles. The van der Waals surface area contributed by atoms with E-state index in [9.17, 15) is 9.18 Å². The number of benzene rings is 1. The van der Waals surface area contributed by atoms with Crippen molar-refractivity contribution >= 4 is 50.8 Å². The number of thiazole rings is 1. The monoisotopic (exact) mass is 509 g/mol. The van der Waals surface area contributed by atoms with Gasteiger partial charge in [-0.3, -0.25) is 4.99 Å². The normalized spacial score (nSPS) is 20.9. The predicted molar refractivity (Wildman–Crippen MR) is 122 cm³/mol. The van der Waals surface area contributed by atoms with Gasteiger partial charge in [-0.2, -0.15) is 11.8 Å². The van der Waals surface area contributed by atoms with Crippen molar-refractivity contribution in [2.24, 2.45) is 10.9 Å². The fraction of sp³-hybridized carbons (Fsp3) is 0.381. The van der Waals surface area contributed by atoms with Gasteiger partial charge in [0.15, 0.2) is 10.8 Å². The number of amidine groups is 1. The number of nitrogens with zero attached hydrogens (tertiary/aromatic N) is 3. The standard InChI is InChI=1S/C21H21BrFN3O2S2/c1-3-28-21(27)17-16-8-12(11-29-2)10-26(16)19(20-24-6-7-30-20)25-18(17)14-5-4-13(23)9-15(14)22/h4-7,9,12,18H,3,8,10-11H2,1-2H3/t12?,18-/m0/s1. The number of esters is 1. The topological polar surface area (TPSA) is 54.8 Å². The number of carbonyl (C=O) groups is 1. The van der Waals surface area contributed by atoms with Crippen molar-refractivity contribution < 1.29 is 13.9 Å². The van der Waals surface area contributed by atoms with Crippen molar-refractivity contribution in [1.82, 2.24) is 9.88 Å². The fourth-order valence-electron chi connectivity index (χ4n) is 3.94. The second-order valence-corrected chi connectivity index (χ2v) is 9.73. The highest BCUT2D eigenvalue weighted by Gasteiger charge is 2.42. The van der Waals surface area contributed by atoms with Crippen LogP contribution >= 0.6 is 39.0 Å². The number of carbonyl (C=O) groups excluding carboxylic acids is 1. The number of hydrogen-bond donors (Lipinski definition) is 0. The average molecular weight is 510 g/mol. The van der Waals surface area contributed by atoms with E-state index < -0.39 is 6.04 Å². The van der Waals surface area contributed by atoms with Crippen molar-refractivity contribution in [2.45, 2.75) is 19.4 Å². The van der Waals surface area contributed by atoms with Crippen molar-refractivity contribution in [1.29, 1.82) is 0 Å². The van der Waals surface area contributed by atoms with Gasteiger partial charge in [0.1, 0.15) is 11.9 Å². The molecule has 0 amide bonds. The lowest BCUT2D eigenvalue weighted by molar-refractivity contribution is -0.139. The van der Waals surface area contributed by atoms with E-state index in [2.05, 4.69) is 32.1 Å². The van der Waals surface area contributed by atoms with E-state index in [0.717, 1.165) is 40.8 Å². The molecule has 158 valence electrons. The van der Waals surface area contributed by atoms with E-state index in [1.165, 1.54) is 23.5 Å². The highest BCUT2D eigenvalue weighted by Crippen LogP contribution is 2.44. The summed E-state index contributed by atoms with van der Waals surface area (Å²) in [4.78, 5) is 24.7. The van der Waals surface area contributed by atoms with Crippen LogP contribution in [0.25, 0.3) is 0 Å². The zero-order valence-electron chi connectivity index (χ0n) is 16.6. The van der Waals surface area contributed by atoms with Gasteiger partial charge >= 0.3 is 5.97 Å². The van der Waals surface area contributed by atoms with Crippen LogP contribution in [0.15, 0.2) is 50.5 Å². The van der Waals surface area contributed by atoms with E-state index in [-0.39, 0.29) is 18.4 Å². The minimum atomic E-state index is -0.586. The van der Waals surface area contributed by atoms with E-state index in [4.69, 9.17) is 9.73 Å². The highest BCUT2D eigenvalue weighted by atomic mass is 79.9. The van der Waals surface area contributed by atoms with Crippen LogP contribution in [-0.4, -0.2) is 46.8 Å². The lowest BCUT2D eigenvalue weighted by Gasteiger charge is -2.32. The number of hydrogen-bond acceptors (Lipinski definition) is 7. The van der Waals surface area contributed by atoms with Crippen LogP contribution in [0, 0.1) is 11.7 Å². The summed E-state index contributed by atoms with van der Waals surface area (Å²) in [6.45, 7) is 2.86. The lowest BCUT2D eigenvalue weighted by Crippen LogP contribution is -2.35. The minimum Gasteiger partial charge on any atom is -0.463 e. The number of ether oxygens (including phenoxy) is 1. The Hall–Kier alpha value is -1.71. The predicted octanol–water partition coefficient (Wildman–Crippen LogP) is 5.05. The van der Waals surface area contributed by atoms with Crippen molar-refractivity contribution in [3.63, 3.8) is 0 Å². The summed E-state index contributed by atoms with van der Waals surface area (Å²) >= 11 is 6.78. The molecule has 0 N–H and O–H groups in total. The smallest absolute Gasteiger partial charge is 0.338 e. The van der Waals surface area contributed by atoms with E-state index in [1.807, 2.05) is 5.38 Å². The van der Waals surface area contributed by atoms with Gasteiger partial charge in [-0.25, -0.2) is 14.2 Å². The van der Waals surface area contributed by atoms with Gasteiger partial charge in [-0.05, 0) is 49.0 Å². The third kappa shape index (κ3) is 4.07. The van der Waals surface area contributed by atoms with Crippen LogP contribution in [0.5, 0.6) is 0 Å². The number of aromatic nitrogens is 1.